The zero-order chi connectivity index (χ0) is 20.4. The monoisotopic (exact) mass is 376 g/mol. The van der Waals surface area contributed by atoms with Gasteiger partial charge in [-0.15, -0.1) is 0 Å². The Morgan fingerprint density at radius 3 is 2.25 bits per heavy atom. The van der Waals surface area contributed by atoms with Gasteiger partial charge in [0.15, 0.2) is 0 Å². The summed E-state index contributed by atoms with van der Waals surface area (Å²) >= 11 is 0. The third-order valence-corrected chi connectivity index (χ3v) is 5.33. The van der Waals surface area contributed by atoms with Crippen molar-refractivity contribution in [3.8, 4) is 11.1 Å². The predicted octanol–water partition coefficient (Wildman–Crippen LogP) is 4.59. The Hall–Kier alpha value is -3.08. The van der Waals surface area contributed by atoms with E-state index >= 15 is 0 Å². The number of carbonyl (C=O) groups is 1. The molecule has 0 unspecified atom stereocenters. The third kappa shape index (κ3) is 3.79. The number of benzene rings is 2. The Morgan fingerprint density at radius 1 is 1.00 bits per heavy atom. The molecule has 0 bridgehead atoms. The SMILES string of the molecule is Cc1n[nH]c(C)c1[C@H](C)N(C)C(=O)c1cccc(-c2ccc(N(C)C)cc2)c1. The molecule has 1 N–H and O–H groups in total. The van der Waals surface area contributed by atoms with Crippen LogP contribution in [0.15, 0.2) is 48.5 Å². The Morgan fingerprint density at radius 2 is 1.68 bits per heavy atom. The average molecular weight is 377 g/mol. The van der Waals surface area contributed by atoms with E-state index in [4.69, 9.17) is 0 Å². The van der Waals surface area contributed by atoms with Gasteiger partial charge in [-0.2, -0.15) is 5.10 Å². The summed E-state index contributed by atoms with van der Waals surface area (Å²) in [6, 6.07) is 16.1. The highest BCUT2D eigenvalue weighted by Crippen LogP contribution is 2.27. The molecule has 0 fully saturated rings. The second-order valence-corrected chi connectivity index (χ2v) is 7.46. The fourth-order valence-corrected chi connectivity index (χ4v) is 3.53. The number of hydrogen-bond acceptors (Lipinski definition) is 3. The largest absolute Gasteiger partial charge is 0.378 e. The zero-order valence-corrected chi connectivity index (χ0v) is 17.4. The highest BCUT2D eigenvalue weighted by Gasteiger charge is 2.23. The summed E-state index contributed by atoms with van der Waals surface area (Å²) in [7, 11) is 5.89. The molecule has 0 radical (unpaired) electrons. The molecule has 0 spiro atoms. The third-order valence-electron chi connectivity index (χ3n) is 5.33. The van der Waals surface area contributed by atoms with Crippen molar-refractivity contribution in [2.75, 3.05) is 26.0 Å². The summed E-state index contributed by atoms with van der Waals surface area (Å²) in [5.74, 6) is -0.000684. The summed E-state index contributed by atoms with van der Waals surface area (Å²) in [6.45, 7) is 5.99. The van der Waals surface area contributed by atoms with Crippen LogP contribution in [0.3, 0.4) is 0 Å². The lowest BCUT2D eigenvalue weighted by molar-refractivity contribution is 0.0742. The smallest absolute Gasteiger partial charge is 0.254 e. The number of carbonyl (C=O) groups excluding carboxylic acids is 1. The van der Waals surface area contributed by atoms with Crippen LogP contribution < -0.4 is 4.90 Å². The first kappa shape index (κ1) is 19.7. The second-order valence-electron chi connectivity index (χ2n) is 7.46. The maximum absolute atomic E-state index is 13.1. The van der Waals surface area contributed by atoms with E-state index < -0.39 is 0 Å². The van der Waals surface area contributed by atoms with Gasteiger partial charge in [0.25, 0.3) is 5.91 Å². The van der Waals surface area contributed by atoms with Gasteiger partial charge in [0.1, 0.15) is 0 Å². The summed E-state index contributed by atoms with van der Waals surface area (Å²) in [5.41, 5.74) is 6.97. The van der Waals surface area contributed by atoms with Crippen molar-refractivity contribution in [1.82, 2.24) is 15.1 Å². The maximum Gasteiger partial charge on any atom is 0.254 e. The van der Waals surface area contributed by atoms with Crippen LogP contribution in [0.5, 0.6) is 0 Å². The Labute approximate surface area is 167 Å². The van der Waals surface area contributed by atoms with E-state index in [0.29, 0.717) is 5.56 Å². The number of nitrogens with zero attached hydrogens (tertiary/aromatic N) is 3. The van der Waals surface area contributed by atoms with E-state index in [9.17, 15) is 4.79 Å². The lowest BCUT2D eigenvalue weighted by Crippen LogP contribution is -2.30. The Kier molecular flexibility index (Phi) is 5.54. The molecule has 5 nitrogen and oxygen atoms in total. The van der Waals surface area contributed by atoms with Crippen molar-refractivity contribution in [2.24, 2.45) is 0 Å². The first-order valence-corrected chi connectivity index (χ1v) is 9.46. The summed E-state index contributed by atoms with van der Waals surface area (Å²) in [6.07, 6.45) is 0. The van der Waals surface area contributed by atoms with Crippen LogP contribution in [0.1, 0.15) is 40.3 Å². The molecule has 1 atom stereocenters. The van der Waals surface area contributed by atoms with E-state index in [-0.39, 0.29) is 11.9 Å². The van der Waals surface area contributed by atoms with Crippen molar-refractivity contribution in [1.29, 1.82) is 0 Å². The quantitative estimate of drug-likeness (QED) is 0.708. The molecule has 28 heavy (non-hydrogen) atoms. The van der Waals surface area contributed by atoms with E-state index in [2.05, 4.69) is 39.4 Å². The molecule has 146 valence electrons. The molecule has 3 aromatic rings. The van der Waals surface area contributed by atoms with E-state index in [1.807, 2.05) is 66.2 Å². The predicted molar refractivity (Wildman–Crippen MR) is 115 cm³/mol. The van der Waals surface area contributed by atoms with E-state index in [0.717, 1.165) is 33.8 Å². The Balaban J connectivity index is 1.85. The minimum atomic E-state index is -0.0609. The number of hydrogen-bond donors (Lipinski definition) is 1. The van der Waals surface area contributed by atoms with Crippen LogP contribution in [-0.4, -0.2) is 42.1 Å². The molecule has 5 heteroatoms. The van der Waals surface area contributed by atoms with Gasteiger partial charge in [0.2, 0.25) is 0 Å². The topological polar surface area (TPSA) is 52.2 Å². The van der Waals surface area contributed by atoms with Crippen LogP contribution in [0.4, 0.5) is 5.69 Å². The fraction of sp³-hybridized carbons (Fsp3) is 0.304. The number of nitrogens with one attached hydrogen (secondary N) is 1. The molecule has 0 aliphatic heterocycles. The number of aryl methyl sites for hydroxylation is 2. The van der Waals surface area contributed by atoms with Crippen LogP contribution in [-0.2, 0) is 0 Å². The van der Waals surface area contributed by atoms with Gasteiger partial charge in [-0.05, 0) is 56.2 Å². The van der Waals surface area contributed by atoms with Crippen molar-refractivity contribution in [2.45, 2.75) is 26.8 Å². The zero-order valence-electron chi connectivity index (χ0n) is 17.4. The normalized spacial score (nSPS) is 11.9. The minimum absolute atomic E-state index is 0.000684. The van der Waals surface area contributed by atoms with Gasteiger partial charge in [0, 0.05) is 43.7 Å². The highest BCUT2D eigenvalue weighted by molar-refractivity contribution is 5.95. The van der Waals surface area contributed by atoms with Crippen LogP contribution in [0.2, 0.25) is 0 Å². The van der Waals surface area contributed by atoms with Crippen molar-refractivity contribution in [3.63, 3.8) is 0 Å². The molecule has 0 aliphatic carbocycles. The van der Waals surface area contributed by atoms with Crippen molar-refractivity contribution in [3.05, 3.63) is 71.0 Å². The number of anilines is 1. The average Bonchev–Trinajstić information content (AvgIpc) is 3.04. The van der Waals surface area contributed by atoms with Crippen molar-refractivity contribution < 1.29 is 4.79 Å². The Bertz CT molecular complexity index is 953. The lowest BCUT2D eigenvalue weighted by Gasteiger charge is -2.26. The molecule has 1 amide bonds. The van der Waals surface area contributed by atoms with Gasteiger partial charge >= 0.3 is 0 Å². The standard InChI is InChI=1S/C23H28N4O/c1-15-22(16(2)25-24-15)17(3)27(6)23(28)20-9-7-8-19(14-20)18-10-12-21(13-11-18)26(4)5/h7-14,17H,1-6H3,(H,24,25)/t17-/m0/s1. The van der Waals surface area contributed by atoms with Gasteiger partial charge in [0.05, 0.1) is 11.7 Å². The second kappa shape index (κ2) is 7.89. The summed E-state index contributed by atoms with van der Waals surface area (Å²) < 4.78 is 0. The molecule has 1 aromatic heterocycles. The van der Waals surface area contributed by atoms with Gasteiger partial charge < -0.3 is 9.80 Å². The molecule has 2 aromatic carbocycles. The fourth-order valence-electron chi connectivity index (χ4n) is 3.53. The molecule has 0 saturated heterocycles. The van der Waals surface area contributed by atoms with Gasteiger partial charge in [-0.1, -0.05) is 24.3 Å². The first-order valence-electron chi connectivity index (χ1n) is 9.46. The molecule has 0 aliphatic rings. The number of H-pyrrole nitrogens is 1. The van der Waals surface area contributed by atoms with Crippen molar-refractivity contribution >= 4 is 11.6 Å². The highest BCUT2D eigenvalue weighted by atomic mass is 16.2. The van der Waals surface area contributed by atoms with E-state index in [1.54, 1.807) is 4.90 Å². The maximum atomic E-state index is 13.1. The van der Waals surface area contributed by atoms with Gasteiger partial charge in [-0.3, -0.25) is 9.89 Å². The molecule has 3 rings (SSSR count). The molecule has 1 heterocycles. The number of aromatic nitrogens is 2. The van der Waals surface area contributed by atoms with E-state index in [1.165, 1.54) is 0 Å². The molecular formula is C23H28N4O. The minimum Gasteiger partial charge on any atom is -0.378 e. The number of amides is 1. The molecular weight excluding hydrogens is 348 g/mol. The summed E-state index contributed by atoms with van der Waals surface area (Å²) in [5, 5.41) is 7.26. The van der Waals surface area contributed by atoms with Crippen LogP contribution >= 0.6 is 0 Å². The number of aromatic amines is 1. The first-order chi connectivity index (χ1) is 13.3. The lowest BCUT2D eigenvalue weighted by atomic mass is 10.0. The summed E-state index contributed by atoms with van der Waals surface area (Å²) in [4.78, 5) is 17.0. The van der Waals surface area contributed by atoms with Gasteiger partial charge in [-0.25, -0.2) is 0 Å². The number of rotatable bonds is 5. The van der Waals surface area contributed by atoms with Crippen LogP contribution in [0, 0.1) is 13.8 Å². The van der Waals surface area contributed by atoms with Crippen LogP contribution in [0.25, 0.3) is 11.1 Å². The molecule has 0 saturated carbocycles.